The first-order chi connectivity index (χ1) is 15.8. The summed E-state index contributed by atoms with van der Waals surface area (Å²) < 4.78 is 8.26. The zero-order valence-corrected chi connectivity index (χ0v) is 17.6. The molecule has 6 nitrogen and oxygen atoms in total. The van der Waals surface area contributed by atoms with Gasteiger partial charge in [-0.25, -0.2) is 0 Å². The van der Waals surface area contributed by atoms with Crippen molar-refractivity contribution in [2.24, 2.45) is 0 Å². The van der Waals surface area contributed by atoms with Crippen LogP contribution in [0.5, 0.6) is 5.75 Å². The van der Waals surface area contributed by atoms with E-state index < -0.39 is 0 Å². The smallest absolute Gasteiger partial charge is 0.291 e. The fourth-order valence-electron chi connectivity index (χ4n) is 3.77. The van der Waals surface area contributed by atoms with E-state index in [1.165, 1.54) is 15.9 Å². The molecule has 0 N–H and O–H groups in total. The van der Waals surface area contributed by atoms with Crippen molar-refractivity contribution in [3.8, 4) is 17.1 Å². The van der Waals surface area contributed by atoms with E-state index in [0.29, 0.717) is 15.3 Å². The molecule has 0 bridgehead atoms. The summed E-state index contributed by atoms with van der Waals surface area (Å²) in [5.41, 5.74) is 3.55. The number of para-hydroxylation sites is 1. The Balaban J connectivity index is 1.48. The Hall–Kier alpha value is -4.10. The Kier molecular flexibility index (Phi) is 4.40. The van der Waals surface area contributed by atoms with E-state index in [1.807, 2.05) is 72.8 Å². The molecule has 3 aromatic heterocycles. The molecule has 32 heavy (non-hydrogen) atoms. The maximum atomic E-state index is 13.1. The van der Waals surface area contributed by atoms with Gasteiger partial charge >= 0.3 is 0 Å². The first-order valence-electron chi connectivity index (χ1n) is 10.1. The van der Waals surface area contributed by atoms with Crippen LogP contribution in [0.3, 0.4) is 0 Å². The average molecular weight is 436 g/mol. The van der Waals surface area contributed by atoms with E-state index in [-0.39, 0.29) is 11.7 Å². The first-order valence-corrected chi connectivity index (χ1v) is 10.9. The predicted molar refractivity (Wildman–Crippen MR) is 124 cm³/mol. The molecular weight excluding hydrogens is 420 g/mol. The zero-order valence-electron chi connectivity index (χ0n) is 16.8. The monoisotopic (exact) mass is 436 g/mol. The Bertz CT molecular complexity index is 1570. The van der Waals surface area contributed by atoms with Gasteiger partial charge in [-0.2, -0.15) is 9.50 Å². The lowest BCUT2D eigenvalue weighted by Gasteiger charge is -2.26. The molecule has 0 radical (unpaired) electrons. The number of rotatable bonds is 3. The molecule has 5 aromatic rings. The van der Waals surface area contributed by atoms with Crippen molar-refractivity contribution in [3.63, 3.8) is 0 Å². The lowest BCUT2D eigenvalue weighted by molar-refractivity contribution is 0.244. The minimum Gasteiger partial charge on any atom is -0.480 e. The standard InChI is InChI=1S/C25H16N4O2S/c30-24-21(32-25-27-23(28-29(24)25)17-10-12-26-13-11-17)15-19-14-18-8-4-5-9-20(18)31-22(19)16-6-2-1-3-7-16/h1-15,22H. The lowest BCUT2D eigenvalue weighted by atomic mass is 9.96. The number of hydrogen-bond donors (Lipinski definition) is 0. The van der Waals surface area contributed by atoms with Crippen LogP contribution in [0, 0.1) is 0 Å². The Labute approximate surface area is 186 Å². The molecule has 6 rings (SSSR count). The zero-order chi connectivity index (χ0) is 21.5. The SMILES string of the molecule is O=c1c(=CC2=Cc3ccccc3OC2c2ccccc2)sc2nc(-c3ccncc3)nn12. The van der Waals surface area contributed by atoms with Crippen molar-refractivity contribution < 1.29 is 4.74 Å². The van der Waals surface area contributed by atoms with Gasteiger partial charge in [0.1, 0.15) is 11.9 Å². The topological polar surface area (TPSA) is 69.4 Å². The van der Waals surface area contributed by atoms with Gasteiger partial charge in [-0.05, 0) is 41.5 Å². The summed E-state index contributed by atoms with van der Waals surface area (Å²) in [6, 6.07) is 21.5. The van der Waals surface area contributed by atoms with Gasteiger partial charge in [0.05, 0.1) is 4.53 Å². The Morgan fingerprint density at radius 2 is 1.75 bits per heavy atom. The van der Waals surface area contributed by atoms with Crippen LogP contribution in [0.1, 0.15) is 17.2 Å². The van der Waals surface area contributed by atoms with Gasteiger partial charge in [-0.3, -0.25) is 9.78 Å². The molecule has 0 saturated carbocycles. The van der Waals surface area contributed by atoms with Crippen molar-refractivity contribution in [3.05, 3.63) is 111 Å². The van der Waals surface area contributed by atoms with Crippen LogP contribution in [0.4, 0.5) is 0 Å². The quantitative estimate of drug-likeness (QED) is 0.429. The second-order valence-corrected chi connectivity index (χ2v) is 8.38. The third-order valence-electron chi connectivity index (χ3n) is 5.31. The highest BCUT2D eigenvalue weighted by molar-refractivity contribution is 7.15. The molecule has 0 aliphatic carbocycles. The molecule has 1 atom stereocenters. The Morgan fingerprint density at radius 3 is 2.56 bits per heavy atom. The van der Waals surface area contributed by atoms with E-state index >= 15 is 0 Å². The largest absolute Gasteiger partial charge is 0.480 e. The van der Waals surface area contributed by atoms with E-state index in [0.717, 1.165) is 28.0 Å². The van der Waals surface area contributed by atoms with Crippen LogP contribution in [0.15, 0.2) is 89.5 Å². The van der Waals surface area contributed by atoms with Crippen LogP contribution in [0.2, 0.25) is 0 Å². The average Bonchev–Trinajstić information content (AvgIpc) is 3.39. The highest BCUT2D eigenvalue weighted by atomic mass is 32.1. The first kappa shape index (κ1) is 18.7. The van der Waals surface area contributed by atoms with Crippen LogP contribution in [0.25, 0.3) is 28.5 Å². The molecule has 154 valence electrons. The number of fused-ring (bicyclic) bond motifs is 2. The summed E-state index contributed by atoms with van der Waals surface area (Å²) in [6.45, 7) is 0. The van der Waals surface area contributed by atoms with Crippen LogP contribution in [-0.2, 0) is 0 Å². The molecule has 0 amide bonds. The maximum Gasteiger partial charge on any atom is 0.291 e. The summed E-state index contributed by atoms with van der Waals surface area (Å²) in [5.74, 6) is 1.34. The Morgan fingerprint density at radius 1 is 0.969 bits per heavy atom. The number of benzene rings is 2. The third-order valence-corrected chi connectivity index (χ3v) is 6.27. The van der Waals surface area contributed by atoms with E-state index in [9.17, 15) is 4.79 Å². The summed E-state index contributed by atoms with van der Waals surface area (Å²) in [7, 11) is 0. The molecule has 1 aliphatic rings. The molecule has 2 aromatic carbocycles. The van der Waals surface area contributed by atoms with E-state index in [4.69, 9.17) is 4.74 Å². The van der Waals surface area contributed by atoms with Crippen LogP contribution < -0.4 is 14.8 Å². The minimum absolute atomic E-state index is 0.190. The highest BCUT2D eigenvalue weighted by Crippen LogP contribution is 2.37. The van der Waals surface area contributed by atoms with Crippen molar-refractivity contribution in [1.82, 2.24) is 19.6 Å². The second-order valence-electron chi connectivity index (χ2n) is 7.37. The molecule has 1 aliphatic heterocycles. The fourth-order valence-corrected chi connectivity index (χ4v) is 4.68. The van der Waals surface area contributed by atoms with Crippen molar-refractivity contribution in [1.29, 1.82) is 0 Å². The van der Waals surface area contributed by atoms with Gasteiger partial charge in [0.25, 0.3) is 5.56 Å². The minimum atomic E-state index is -0.305. The van der Waals surface area contributed by atoms with Crippen molar-refractivity contribution in [2.75, 3.05) is 0 Å². The second kappa shape index (κ2) is 7.55. The lowest BCUT2D eigenvalue weighted by Crippen LogP contribution is -2.25. The summed E-state index contributed by atoms with van der Waals surface area (Å²) in [6.07, 6.45) is 7.02. The number of aromatic nitrogens is 4. The molecule has 0 spiro atoms. The normalized spacial score (nSPS) is 15.9. The third kappa shape index (κ3) is 3.19. The number of hydrogen-bond acceptors (Lipinski definition) is 6. The summed E-state index contributed by atoms with van der Waals surface area (Å²) in [5, 5.41) is 4.41. The predicted octanol–water partition coefficient (Wildman–Crippen LogP) is 3.93. The number of nitrogens with zero attached hydrogens (tertiary/aromatic N) is 4. The van der Waals surface area contributed by atoms with E-state index in [2.05, 4.69) is 21.1 Å². The summed E-state index contributed by atoms with van der Waals surface area (Å²) in [4.78, 5) is 22.2. The van der Waals surface area contributed by atoms with Crippen molar-refractivity contribution in [2.45, 2.75) is 6.10 Å². The molecule has 0 saturated heterocycles. The molecule has 0 fully saturated rings. The fraction of sp³-hybridized carbons (Fsp3) is 0.0400. The van der Waals surface area contributed by atoms with Gasteiger partial charge < -0.3 is 4.74 Å². The van der Waals surface area contributed by atoms with Gasteiger partial charge in [-0.15, -0.1) is 5.10 Å². The highest BCUT2D eigenvalue weighted by Gasteiger charge is 2.23. The van der Waals surface area contributed by atoms with Gasteiger partial charge in [-0.1, -0.05) is 59.9 Å². The number of pyridine rings is 1. The van der Waals surface area contributed by atoms with E-state index in [1.54, 1.807) is 12.4 Å². The molecule has 7 heteroatoms. The van der Waals surface area contributed by atoms with Crippen LogP contribution >= 0.6 is 11.3 Å². The van der Waals surface area contributed by atoms with Crippen LogP contribution in [-0.4, -0.2) is 19.6 Å². The number of ether oxygens (including phenoxy) is 1. The van der Waals surface area contributed by atoms with Crippen molar-refractivity contribution >= 4 is 28.4 Å². The maximum absolute atomic E-state index is 13.1. The van der Waals surface area contributed by atoms with Gasteiger partial charge in [0.15, 0.2) is 5.82 Å². The summed E-state index contributed by atoms with van der Waals surface area (Å²) >= 11 is 1.32. The number of thiazole rings is 1. The molecular formula is C25H16N4O2S. The van der Waals surface area contributed by atoms with Gasteiger partial charge in [0.2, 0.25) is 4.96 Å². The van der Waals surface area contributed by atoms with Gasteiger partial charge in [0, 0.05) is 23.5 Å². The molecule has 4 heterocycles. The molecule has 1 unspecified atom stereocenters.